The van der Waals surface area contributed by atoms with Gasteiger partial charge in [-0.25, -0.2) is 14.4 Å². The molecule has 0 aliphatic carbocycles. The topological polar surface area (TPSA) is 70.2 Å². The summed E-state index contributed by atoms with van der Waals surface area (Å²) in [4.78, 5) is 22.5. The lowest BCUT2D eigenvalue weighted by Gasteiger charge is -2.10. The number of anilines is 3. The van der Waals surface area contributed by atoms with Crippen molar-refractivity contribution in [1.82, 2.24) is 14.9 Å². The Bertz CT molecular complexity index is 1110. The van der Waals surface area contributed by atoms with Gasteiger partial charge in [0.05, 0.1) is 10.5 Å². The first kappa shape index (κ1) is 20.5. The summed E-state index contributed by atoms with van der Waals surface area (Å²) in [6.07, 6.45) is 2.03. The third-order valence-corrected chi connectivity index (χ3v) is 4.25. The lowest BCUT2D eigenvalue weighted by Crippen LogP contribution is -2.12. The molecule has 1 heterocycles. The van der Waals surface area contributed by atoms with E-state index in [4.69, 9.17) is 11.6 Å². The molecule has 0 fully saturated rings. The predicted molar refractivity (Wildman–Crippen MR) is 114 cm³/mol. The Morgan fingerprint density at radius 2 is 1.97 bits per heavy atom. The second-order valence-electron chi connectivity index (χ2n) is 6.52. The SMILES string of the molecule is CN(C)CCC#CC(=O)Nc1ccc2ncnc(Nc3ccc(F)c(Cl)c3)c2c1. The lowest BCUT2D eigenvalue weighted by molar-refractivity contribution is -0.111. The van der Waals surface area contributed by atoms with Crippen molar-refractivity contribution in [2.45, 2.75) is 6.42 Å². The van der Waals surface area contributed by atoms with Gasteiger partial charge in [-0.05, 0) is 56.4 Å². The van der Waals surface area contributed by atoms with E-state index in [1.54, 1.807) is 24.3 Å². The summed E-state index contributed by atoms with van der Waals surface area (Å²) in [6.45, 7) is 0.788. The summed E-state index contributed by atoms with van der Waals surface area (Å²) in [5, 5.41) is 6.54. The zero-order valence-corrected chi connectivity index (χ0v) is 16.7. The number of carbonyl (C=O) groups excluding carboxylic acids is 1. The highest BCUT2D eigenvalue weighted by Crippen LogP contribution is 2.27. The monoisotopic (exact) mass is 411 g/mol. The molecule has 0 aliphatic rings. The fourth-order valence-electron chi connectivity index (χ4n) is 2.53. The average Bonchev–Trinajstić information content (AvgIpc) is 2.68. The molecule has 0 bridgehead atoms. The van der Waals surface area contributed by atoms with Crippen LogP contribution in [0.5, 0.6) is 0 Å². The van der Waals surface area contributed by atoms with E-state index in [1.165, 1.54) is 18.5 Å². The summed E-state index contributed by atoms with van der Waals surface area (Å²) >= 11 is 5.84. The zero-order chi connectivity index (χ0) is 20.8. The van der Waals surface area contributed by atoms with Crippen LogP contribution in [0.2, 0.25) is 5.02 Å². The van der Waals surface area contributed by atoms with Gasteiger partial charge in [0, 0.05) is 29.7 Å². The lowest BCUT2D eigenvalue weighted by atomic mass is 10.2. The molecule has 0 aliphatic heterocycles. The number of aromatic nitrogens is 2. The quantitative estimate of drug-likeness (QED) is 0.619. The molecule has 0 saturated heterocycles. The van der Waals surface area contributed by atoms with Crippen LogP contribution < -0.4 is 10.6 Å². The predicted octanol–water partition coefficient (Wildman–Crippen LogP) is 4.06. The summed E-state index contributed by atoms with van der Waals surface area (Å²) in [5.74, 6) is 5.04. The standard InChI is InChI=1S/C21H19ClFN5O/c1-28(2)10-4-3-5-20(29)26-14-7-9-19-16(11-14)21(25-13-24-19)27-15-6-8-18(23)17(22)12-15/h6-9,11-13H,4,10H2,1-2H3,(H,26,29)(H,24,25,27). The Morgan fingerprint density at radius 3 is 2.72 bits per heavy atom. The number of nitrogens with one attached hydrogen (secondary N) is 2. The number of carbonyl (C=O) groups is 1. The number of rotatable bonds is 5. The molecule has 148 valence electrons. The fourth-order valence-corrected chi connectivity index (χ4v) is 2.71. The van der Waals surface area contributed by atoms with Crippen molar-refractivity contribution in [2.75, 3.05) is 31.3 Å². The second kappa shape index (κ2) is 9.32. The molecular weight excluding hydrogens is 393 g/mol. The van der Waals surface area contributed by atoms with E-state index in [1.807, 2.05) is 19.0 Å². The summed E-state index contributed by atoms with van der Waals surface area (Å²) < 4.78 is 13.4. The maximum atomic E-state index is 13.4. The highest BCUT2D eigenvalue weighted by Gasteiger charge is 2.08. The van der Waals surface area contributed by atoms with Crippen LogP contribution in [-0.2, 0) is 4.79 Å². The Labute approximate surface area is 173 Å². The van der Waals surface area contributed by atoms with Gasteiger partial charge in [0.1, 0.15) is 18.0 Å². The van der Waals surface area contributed by atoms with Crippen LogP contribution in [0, 0.1) is 17.7 Å². The summed E-state index contributed by atoms with van der Waals surface area (Å²) in [6, 6.07) is 9.57. The molecule has 1 aromatic heterocycles. The highest BCUT2D eigenvalue weighted by atomic mass is 35.5. The molecule has 0 atom stereocenters. The third kappa shape index (κ3) is 5.64. The first-order valence-corrected chi connectivity index (χ1v) is 9.21. The number of hydrogen-bond acceptors (Lipinski definition) is 5. The number of nitrogens with zero attached hydrogens (tertiary/aromatic N) is 3. The number of hydrogen-bond donors (Lipinski definition) is 2. The van der Waals surface area contributed by atoms with E-state index in [-0.39, 0.29) is 10.9 Å². The van der Waals surface area contributed by atoms with Gasteiger partial charge in [-0.2, -0.15) is 0 Å². The minimum atomic E-state index is -0.499. The Kier molecular flexibility index (Phi) is 6.60. The number of halogens is 2. The molecule has 0 spiro atoms. The van der Waals surface area contributed by atoms with Gasteiger partial charge in [0.15, 0.2) is 0 Å². The van der Waals surface area contributed by atoms with Crippen LogP contribution in [0.15, 0.2) is 42.7 Å². The van der Waals surface area contributed by atoms with E-state index >= 15 is 0 Å². The van der Waals surface area contributed by atoms with E-state index in [0.29, 0.717) is 34.5 Å². The molecule has 6 nitrogen and oxygen atoms in total. The molecule has 29 heavy (non-hydrogen) atoms. The molecule has 2 N–H and O–H groups in total. The van der Waals surface area contributed by atoms with Gasteiger partial charge in [0.25, 0.3) is 5.91 Å². The molecular formula is C21H19ClFN5O. The fraction of sp³-hybridized carbons (Fsp3) is 0.190. The maximum Gasteiger partial charge on any atom is 0.300 e. The number of fused-ring (bicyclic) bond motifs is 1. The Balaban J connectivity index is 1.80. The van der Waals surface area contributed by atoms with Crippen LogP contribution in [0.3, 0.4) is 0 Å². The molecule has 2 aromatic carbocycles. The van der Waals surface area contributed by atoms with Crippen molar-refractivity contribution in [3.63, 3.8) is 0 Å². The molecule has 0 radical (unpaired) electrons. The molecule has 1 amide bonds. The van der Waals surface area contributed by atoms with Crippen LogP contribution in [-0.4, -0.2) is 41.4 Å². The average molecular weight is 412 g/mol. The summed E-state index contributed by atoms with van der Waals surface area (Å²) in [5.41, 5.74) is 1.84. The number of benzene rings is 2. The van der Waals surface area contributed by atoms with Crippen molar-refractivity contribution in [3.05, 3.63) is 53.6 Å². The van der Waals surface area contributed by atoms with E-state index in [0.717, 1.165) is 6.54 Å². The Morgan fingerprint density at radius 1 is 1.17 bits per heavy atom. The van der Waals surface area contributed by atoms with E-state index in [9.17, 15) is 9.18 Å². The van der Waals surface area contributed by atoms with Crippen molar-refractivity contribution in [3.8, 4) is 11.8 Å². The minimum Gasteiger partial charge on any atom is -0.340 e. The minimum absolute atomic E-state index is 0.00848. The van der Waals surface area contributed by atoms with Crippen molar-refractivity contribution in [2.24, 2.45) is 0 Å². The maximum absolute atomic E-state index is 13.4. The normalized spacial score (nSPS) is 10.5. The van der Waals surface area contributed by atoms with Gasteiger partial charge in [-0.3, -0.25) is 4.79 Å². The highest BCUT2D eigenvalue weighted by molar-refractivity contribution is 6.31. The first-order chi connectivity index (χ1) is 13.9. The van der Waals surface area contributed by atoms with Crippen molar-refractivity contribution < 1.29 is 9.18 Å². The largest absolute Gasteiger partial charge is 0.340 e. The molecule has 3 rings (SSSR count). The van der Waals surface area contributed by atoms with E-state index < -0.39 is 5.82 Å². The van der Waals surface area contributed by atoms with Crippen LogP contribution >= 0.6 is 11.6 Å². The zero-order valence-electron chi connectivity index (χ0n) is 16.0. The van der Waals surface area contributed by atoms with Crippen LogP contribution in [0.1, 0.15) is 6.42 Å². The number of amides is 1. The van der Waals surface area contributed by atoms with E-state index in [2.05, 4.69) is 32.4 Å². The second-order valence-corrected chi connectivity index (χ2v) is 6.92. The van der Waals surface area contributed by atoms with Gasteiger partial charge < -0.3 is 15.5 Å². The first-order valence-electron chi connectivity index (χ1n) is 8.84. The molecule has 8 heteroatoms. The smallest absolute Gasteiger partial charge is 0.300 e. The van der Waals surface area contributed by atoms with Gasteiger partial charge in [-0.1, -0.05) is 17.5 Å². The van der Waals surface area contributed by atoms with Crippen molar-refractivity contribution >= 4 is 45.6 Å². The van der Waals surface area contributed by atoms with Gasteiger partial charge in [-0.15, -0.1) is 0 Å². The van der Waals surface area contributed by atoms with Crippen molar-refractivity contribution in [1.29, 1.82) is 0 Å². The van der Waals surface area contributed by atoms with Crippen LogP contribution in [0.25, 0.3) is 10.9 Å². The van der Waals surface area contributed by atoms with Crippen LogP contribution in [0.4, 0.5) is 21.6 Å². The molecule has 0 unspecified atom stereocenters. The molecule has 3 aromatic rings. The van der Waals surface area contributed by atoms with Gasteiger partial charge >= 0.3 is 0 Å². The summed E-state index contributed by atoms with van der Waals surface area (Å²) in [7, 11) is 3.90. The third-order valence-electron chi connectivity index (χ3n) is 3.96. The Hall–Kier alpha value is -3.21. The molecule has 0 saturated carbocycles. The van der Waals surface area contributed by atoms with Gasteiger partial charge in [0.2, 0.25) is 0 Å².